The summed E-state index contributed by atoms with van der Waals surface area (Å²) in [5.41, 5.74) is 0. The van der Waals surface area contributed by atoms with Crippen molar-refractivity contribution in [1.29, 1.82) is 0 Å². The van der Waals surface area contributed by atoms with Crippen LogP contribution in [-0.4, -0.2) is 53.2 Å². The molecule has 2 heterocycles. The molecule has 0 saturated carbocycles. The summed E-state index contributed by atoms with van der Waals surface area (Å²) < 4.78 is 0. The van der Waals surface area contributed by atoms with Crippen LogP contribution in [0.4, 0.5) is 0 Å². The van der Waals surface area contributed by atoms with Crippen molar-refractivity contribution in [2.45, 2.75) is 32.2 Å². The Balaban J connectivity index is 2.06. The van der Waals surface area contributed by atoms with Crippen molar-refractivity contribution in [2.24, 2.45) is 5.92 Å². The molecule has 2 aliphatic rings. The monoisotopic (exact) mass is 258 g/mol. The van der Waals surface area contributed by atoms with Crippen LogP contribution in [0.3, 0.4) is 0 Å². The van der Waals surface area contributed by atoms with Crippen LogP contribution in [0.2, 0.25) is 0 Å². The van der Waals surface area contributed by atoms with Gasteiger partial charge in [-0.15, -0.1) is 11.6 Å². The summed E-state index contributed by atoms with van der Waals surface area (Å²) in [7, 11) is 0. The molecule has 5 heteroatoms. The number of hydrogen-bond acceptors (Lipinski definition) is 2. The average Bonchev–Trinajstić information content (AvgIpc) is 2.35. The minimum Gasteiger partial charge on any atom is -0.331 e. The highest BCUT2D eigenvalue weighted by Gasteiger charge is 2.40. The van der Waals surface area contributed by atoms with E-state index in [0.717, 1.165) is 25.8 Å². The van der Waals surface area contributed by atoms with Gasteiger partial charge < -0.3 is 9.80 Å². The smallest absolute Gasteiger partial charge is 0.245 e. The second-order valence-corrected chi connectivity index (χ2v) is 5.39. The number of amides is 2. The van der Waals surface area contributed by atoms with E-state index in [1.54, 1.807) is 9.80 Å². The van der Waals surface area contributed by atoms with Crippen LogP contribution in [0.15, 0.2) is 0 Å². The van der Waals surface area contributed by atoms with Gasteiger partial charge in [0.15, 0.2) is 0 Å². The summed E-state index contributed by atoms with van der Waals surface area (Å²) in [6.45, 7) is 3.57. The Morgan fingerprint density at radius 1 is 1.41 bits per heavy atom. The molecule has 0 radical (unpaired) electrons. The zero-order chi connectivity index (χ0) is 12.4. The summed E-state index contributed by atoms with van der Waals surface area (Å²) >= 11 is 5.76. The first-order valence-electron chi connectivity index (χ1n) is 6.27. The Bertz CT molecular complexity index is 322. The molecule has 2 aliphatic heterocycles. The lowest BCUT2D eigenvalue weighted by Gasteiger charge is -2.43. The van der Waals surface area contributed by atoms with Gasteiger partial charge in [0.05, 0.1) is 6.54 Å². The molecule has 0 aliphatic carbocycles. The molecule has 0 N–H and O–H groups in total. The Morgan fingerprint density at radius 2 is 2.18 bits per heavy atom. The third kappa shape index (κ3) is 2.57. The molecule has 2 fully saturated rings. The molecule has 17 heavy (non-hydrogen) atoms. The quantitative estimate of drug-likeness (QED) is 0.711. The lowest BCUT2D eigenvalue weighted by molar-refractivity contribution is -0.158. The summed E-state index contributed by atoms with van der Waals surface area (Å²) in [5.74, 6) is 0.965. The van der Waals surface area contributed by atoms with E-state index in [-0.39, 0.29) is 30.3 Å². The molecule has 4 nitrogen and oxygen atoms in total. The third-order valence-electron chi connectivity index (χ3n) is 3.54. The maximum absolute atomic E-state index is 12.2. The number of rotatable bonds is 3. The maximum atomic E-state index is 12.2. The second-order valence-electron chi connectivity index (χ2n) is 5.08. The molecule has 0 aromatic rings. The van der Waals surface area contributed by atoms with Crippen molar-refractivity contribution in [3.05, 3.63) is 0 Å². The van der Waals surface area contributed by atoms with Crippen LogP contribution in [-0.2, 0) is 9.59 Å². The van der Waals surface area contributed by atoms with Crippen LogP contribution in [0, 0.1) is 5.92 Å². The number of halogens is 1. The van der Waals surface area contributed by atoms with E-state index >= 15 is 0 Å². The standard InChI is InChI=1S/C12H19ClN2O2/c1-9(6-13)7-14-8-11(16)15-5-3-2-4-10(15)12(14)17/h9-10H,2-8H2,1H3. The van der Waals surface area contributed by atoms with Gasteiger partial charge >= 0.3 is 0 Å². The van der Waals surface area contributed by atoms with E-state index in [1.807, 2.05) is 6.92 Å². The van der Waals surface area contributed by atoms with Crippen LogP contribution < -0.4 is 0 Å². The van der Waals surface area contributed by atoms with Gasteiger partial charge in [0, 0.05) is 19.0 Å². The molecule has 96 valence electrons. The molecular weight excluding hydrogens is 240 g/mol. The largest absolute Gasteiger partial charge is 0.331 e. The fraction of sp³-hybridized carbons (Fsp3) is 0.833. The molecule has 2 unspecified atom stereocenters. The predicted molar refractivity (Wildman–Crippen MR) is 65.8 cm³/mol. The molecule has 2 amide bonds. The van der Waals surface area contributed by atoms with Gasteiger partial charge in [-0.05, 0) is 25.2 Å². The fourth-order valence-electron chi connectivity index (χ4n) is 2.61. The van der Waals surface area contributed by atoms with Gasteiger partial charge in [-0.25, -0.2) is 0 Å². The molecule has 0 spiro atoms. The van der Waals surface area contributed by atoms with Gasteiger partial charge in [-0.2, -0.15) is 0 Å². The van der Waals surface area contributed by atoms with Crippen LogP contribution >= 0.6 is 11.6 Å². The van der Waals surface area contributed by atoms with Crippen molar-refractivity contribution in [2.75, 3.05) is 25.5 Å². The number of carbonyl (C=O) groups excluding carboxylic acids is 2. The SMILES string of the molecule is CC(CCl)CN1CC(=O)N2CCCCC2C1=O. The average molecular weight is 259 g/mol. The van der Waals surface area contributed by atoms with Crippen molar-refractivity contribution in [3.8, 4) is 0 Å². The van der Waals surface area contributed by atoms with E-state index in [2.05, 4.69) is 0 Å². The number of carbonyl (C=O) groups is 2. The van der Waals surface area contributed by atoms with Crippen LogP contribution in [0.5, 0.6) is 0 Å². The lowest BCUT2D eigenvalue weighted by atomic mass is 9.98. The van der Waals surface area contributed by atoms with Crippen molar-refractivity contribution < 1.29 is 9.59 Å². The number of hydrogen-bond donors (Lipinski definition) is 0. The summed E-state index contributed by atoms with van der Waals surface area (Å²) in [5, 5.41) is 0. The molecule has 2 rings (SSSR count). The van der Waals surface area contributed by atoms with Gasteiger partial charge in [-0.3, -0.25) is 9.59 Å². The summed E-state index contributed by atoms with van der Waals surface area (Å²) in [4.78, 5) is 27.6. The van der Waals surface area contributed by atoms with Crippen molar-refractivity contribution in [1.82, 2.24) is 9.80 Å². The van der Waals surface area contributed by atoms with Crippen molar-refractivity contribution >= 4 is 23.4 Å². The highest BCUT2D eigenvalue weighted by Crippen LogP contribution is 2.23. The van der Waals surface area contributed by atoms with Crippen LogP contribution in [0.25, 0.3) is 0 Å². The van der Waals surface area contributed by atoms with E-state index in [0.29, 0.717) is 12.4 Å². The minimum atomic E-state index is -0.201. The topological polar surface area (TPSA) is 40.6 Å². The fourth-order valence-corrected chi connectivity index (χ4v) is 2.71. The molecule has 0 aromatic heterocycles. The first-order chi connectivity index (χ1) is 8.13. The van der Waals surface area contributed by atoms with Gasteiger partial charge in [-0.1, -0.05) is 6.92 Å². The first-order valence-corrected chi connectivity index (χ1v) is 6.81. The van der Waals surface area contributed by atoms with E-state index < -0.39 is 0 Å². The summed E-state index contributed by atoms with van der Waals surface area (Å²) in [6.07, 6.45) is 2.88. The maximum Gasteiger partial charge on any atom is 0.245 e. The Hall–Kier alpha value is -0.770. The number of nitrogens with zero attached hydrogens (tertiary/aromatic N) is 2. The Morgan fingerprint density at radius 3 is 2.88 bits per heavy atom. The Labute approximate surface area is 107 Å². The number of piperidine rings is 1. The third-order valence-corrected chi connectivity index (χ3v) is 4.07. The number of piperazine rings is 1. The Kier molecular flexibility index (Phi) is 3.92. The molecule has 0 bridgehead atoms. The minimum absolute atomic E-state index is 0.0936. The van der Waals surface area contributed by atoms with E-state index in [9.17, 15) is 9.59 Å². The van der Waals surface area contributed by atoms with Crippen molar-refractivity contribution in [3.63, 3.8) is 0 Å². The van der Waals surface area contributed by atoms with Gasteiger partial charge in [0.2, 0.25) is 11.8 Å². The molecule has 2 atom stereocenters. The normalized spacial score (nSPS) is 27.1. The highest BCUT2D eigenvalue weighted by molar-refractivity contribution is 6.18. The first kappa shape index (κ1) is 12.7. The van der Waals surface area contributed by atoms with Crippen LogP contribution in [0.1, 0.15) is 26.2 Å². The van der Waals surface area contributed by atoms with E-state index in [4.69, 9.17) is 11.6 Å². The molecule has 0 aromatic carbocycles. The second kappa shape index (κ2) is 5.25. The zero-order valence-corrected chi connectivity index (χ0v) is 10.9. The van der Waals surface area contributed by atoms with Gasteiger partial charge in [0.25, 0.3) is 0 Å². The molecule has 2 saturated heterocycles. The highest BCUT2D eigenvalue weighted by atomic mass is 35.5. The zero-order valence-electron chi connectivity index (χ0n) is 10.2. The summed E-state index contributed by atoms with van der Waals surface area (Å²) in [6, 6.07) is -0.201. The van der Waals surface area contributed by atoms with E-state index in [1.165, 1.54) is 0 Å². The molecular formula is C12H19ClN2O2. The predicted octanol–water partition coefficient (Wildman–Crippen LogP) is 1.08. The lowest BCUT2D eigenvalue weighted by Crippen LogP contribution is -2.61. The van der Waals surface area contributed by atoms with Gasteiger partial charge in [0.1, 0.15) is 6.04 Å². The number of fused-ring (bicyclic) bond motifs is 1. The number of alkyl halides is 1.